The summed E-state index contributed by atoms with van der Waals surface area (Å²) < 4.78 is 1.65. The number of rotatable bonds is 6. The zero-order valence-corrected chi connectivity index (χ0v) is 11.0. The van der Waals surface area contributed by atoms with E-state index in [2.05, 4.69) is 5.10 Å². The van der Waals surface area contributed by atoms with Gasteiger partial charge in [-0.05, 0) is 13.3 Å². The molecular weight excluding hydrogens is 234 g/mol. The molecule has 1 N–H and O–H groups in total. The summed E-state index contributed by atoms with van der Waals surface area (Å²) in [5.41, 5.74) is 0.535. The van der Waals surface area contributed by atoms with Crippen LogP contribution in [0.1, 0.15) is 38.8 Å². The van der Waals surface area contributed by atoms with E-state index in [1.165, 1.54) is 18.0 Å². The number of carboxylic acid groups (broad SMARTS) is 1. The fourth-order valence-electron chi connectivity index (χ4n) is 1.86. The van der Waals surface area contributed by atoms with Crippen LogP contribution in [0.5, 0.6) is 0 Å². The number of hydrogen-bond donors (Lipinski definition) is 1. The minimum atomic E-state index is -1.03. The maximum atomic E-state index is 11.6. The van der Waals surface area contributed by atoms with Gasteiger partial charge in [0.05, 0.1) is 6.20 Å². The molecular formula is C12H19N3O3. The van der Waals surface area contributed by atoms with Gasteiger partial charge < -0.3 is 10.0 Å². The highest BCUT2D eigenvalue weighted by atomic mass is 16.4. The molecule has 0 aliphatic heterocycles. The van der Waals surface area contributed by atoms with E-state index < -0.39 is 12.0 Å². The Balaban J connectivity index is 3.07. The molecule has 18 heavy (non-hydrogen) atoms. The summed E-state index contributed by atoms with van der Waals surface area (Å²) >= 11 is 0. The summed E-state index contributed by atoms with van der Waals surface area (Å²) in [5.74, 6) is -1.28. The van der Waals surface area contributed by atoms with E-state index in [1.807, 2.05) is 13.8 Å². The number of hydrogen-bond acceptors (Lipinski definition) is 3. The van der Waals surface area contributed by atoms with Crippen LogP contribution in [0.25, 0.3) is 0 Å². The molecule has 1 rings (SSSR count). The average Bonchev–Trinajstić information content (AvgIpc) is 2.76. The van der Waals surface area contributed by atoms with Crippen LogP contribution < -0.4 is 0 Å². The molecule has 0 aliphatic carbocycles. The van der Waals surface area contributed by atoms with Crippen molar-refractivity contribution in [3.8, 4) is 0 Å². The van der Waals surface area contributed by atoms with Crippen LogP contribution in [0.2, 0.25) is 0 Å². The Hall–Kier alpha value is -1.85. The molecule has 1 atom stereocenters. The number of carbonyl (C=O) groups is 2. The Kier molecular flexibility index (Phi) is 4.88. The second kappa shape index (κ2) is 6.18. The molecule has 1 aromatic rings. The Morgan fingerprint density at radius 1 is 1.50 bits per heavy atom. The average molecular weight is 253 g/mol. The van der Waals surface area contributed by atoms with Crippen molar-refractivity contribution in [2.24, 2.45) is 0 Å². The monoisotopic (exact) mass is 253 g/mol. The van der Waals surface area contributed by atoms with Gasteiger partial charge >= 0.3 is 5.97 Å². The molecule has 0 saturated heterocycles. The lowest BCUT2D eigenvalue weighted by Gasteiger charge is -2.26. The van der Waals surface area contributed by atoms with Crippen LogP contribution in [0.15, 0.2) is 12.4 Å². The fourth-order valence-corrected chi connectivity index (χ4v) is 1.86. The quantitative estimate of drug-likeness (QED) is 0.828. The van der Waals surface area contributed by atoms with Crippen molar-refractivity contribution < 1.29 is 14.7 Å². The third-order valence-corrected chi connectivity index (χ3v) is 2.71. The Labute approximate surface area is 106 Å². The predicted molar refractivity (Wildman–Crippen MR) is 66.0 cm³/mol. The van der Waals surface area contributed by atoms with Gasteiger partial charge in [0.25, 0.3) is 0 Å². The van der Waals surface area contributed by atoms with Crippen LogP contribution in [-0.2, 0) is 16.1 Å². The molecule has 0 saturated carbocycles. The van der Waals surface area contributed by atoms with Crippen molar-refractivity contribution in [1.29, 1.82) is 0 Å². The largest absolute Gasteiger partial charge is 0.479 e. The molecule has 0 radical (unpaired) electrons. The molecule has 0 fully saturated rings. The van der Waals surface area contributed by atoms with Gasteiger partial charge in [-0.25, -0.2) is 4.79 Å². The molecule has 0 spiro atoms. The molecule has 6 nitrogen and oxygen atoms in total. The van der Waals surface area contributed by atoms with E-state index in [1.54, 1.807) is 10.9 Å². The van der Waals surface area contributed by atoms with E-state index in [4.69, 9.17) is 0 Å². The summed E-state index contributed by atoms with van der Waals surface area (Å²) in [6.07, 6.45) is 3.89. The number of carboxylic acids is 1. The van der Waals surface area contributed by atoms with Crippen molar-refractivity contribution in [1.82, 2.24) is 14.7 Å². The minimum absolute atomic E-state index is 0.242. The smallest absolute Gasteiger partial charge is 0.331 e. The zero-order valence-electron chi connectivity index (χ0n) is 11.0. The summed E-state index contributed by atoms with van der Waals surface area (Å²) in [7, 11) is 0. The highest BCUT2D eigenvalue weighted by Crippen LogP contribution is 2.21. The van der Waals surface area contributed by atoms with Crippen LogP contribution >= 0.6 is 0 Å². The molecule has 6 heteroatoms. The molecule has 1 aromatic heterocycles. The van der Waals surface area contributed by atoms with Crippen LogP contribution in [0.3, 0.4) is 0 Å². The van der Waals surface area contributed by atoms with E-state index in [-0.39, 0.29) is 5.91 Å². The van der Waals surface area contributed by atoms with Gasteiger partial charge in [0.15, 0.2) is 6.04 Å². The maximum Gasteiger partial charge on any atom is 0.331 e. The molecule has 1 unspecified atom stereocenters. The third-order valence-electron chi connectivity index (χ3n) is 2.71. The fraction of sp³-hybridized carbons (Fsp3) is 0.583. The van der Waals surface area contributed by atoms with Gasteiger partial charge in [-0.1, -0.05) is 6.92 Å². The molecule has 1 amide bonds. The lowest BCUT2D eigenvalue weighted by Crippen LogP contribution is -2.38. The van der Waals surface area contributed by atoms with E-state index in [0.717, 1.165) is 0 Å². The topological polar surface area (TPSA) is 75.4 Å². The van der Waals surface area contributed by atoms with Crippen molar-refractivity contribution in [3.63, 3.8) is 0 Å². The van der Waals surface area contributed by atoms with Gasteiger partial charge in [0.1, 0.15) is 0 Å². The van der Waals surface area contributed by atoms with Gasteiger partial charge in [-0.3, -0.25) is 9.48 Å². The first kappa shape index (κ1) is 14.2. The van der Waals surface area contributed by atoms with Crippen molar-refractivity contribution in [2.75, 3.05) is 6.54 Å². The third kappa shape index (κ3) is 3.09. The minimum Gasteiger partial charge on any atom is -0.479 e. The summed E-state index contributed by atoms with van der Waals surface area (Å²) in [6, 6.07) is -0.956. The maximum absolute atomic E-state index is 11.6. The summed E-state index contributed by atoms with van der Waals surface area (Å²) in [6.45, 7) is 6.30. The Morgan fingerprint density at radius 2 is 2.17 bits per heavy atom. The van der Waals surface area contributed by atoms with Gasteiger partial charge in [0.2, 0.25) is 5.91 Å². The number of aromatic nitrogens is 2. The summed E-state index contributed by atoms with van der Waals surface area (Å²) in [5, 5.41) is 13.4. The SMILES string of the molecule is CCCN(C(C)=O)C(C(=O)O)c1cnn(CC)c1. The van der Waals surface area contributed by atoms with Crippen molar-refractivity contribution in [3.05, 3.63) is 18.0 Å². The molecule has 0 aliphatic rings. The Morgan fingerprint density at radius 3 is 2.56 bits per heavy atom. The van der Waals surface area contributed by atoms with E-state index in [9.17, 15) is 14.7 Å². The first-order chi connectivity index (χ1) is 8.51. The number of aliphatic carboxylic acids is 1. The highest BCUT2D eigenvalue weighted by Gasteiger charge is 2.29. The summed E-state index contributed by atoms with van der Waals surface area (Å²) in [4.78, 5) is 24.3. The molecule has 1 heterocycles. The van der Waals surface area contributed by atoms with Crippen molar-refractivity contribution >= 4 is 11.9 Å². The second-order valence-electron chi connectivity index (χ2n) is 4.08. The van der Waals surface area contributed by atoms with Crippen LogP contribution in [0, 0.1) is 0 Å². The second-order valence-corrected chi connectivity index (χ2v) is 4.08. The Bertz CT molecular complexity index is 428. The lowest BCUT2D eigenvalue weighted by atomic mass is 10.1. The normalized spacial score (nSPS) is 12.2. The molecule has 0 bridgehead atoms. The number of aryl methyl sites for hydroxylation is 1. The van der Waals surface area contributed by atoms with E-state index >= 15 is 0 Å². The standard InChI is InChI=1S/C12H19N3O3/c1-4-6-15(9(3)16)11(12(17)18)10-7-13-14(5-2)8-10/h7-8,11H,4-6H2,1-3H3,(H,17,18). The van der Waals surface area contributed by atoms with Gasteiger partial charge in [0, 0.05) is 31.8 Å². The number of amides is 1. The first-order valence-corrected chi connectivity index (χ1v) is 6.03. The first-order valence-electron chi connectivity index (χ1n) is 6.03. The van der Waals surface area contributed by atoms with Crippen LogP contribution in [0.4, 0.5) is 0 Å². The number of nitrogens with zero attached hydrogens (tertiary/aromatic N) is 3. The van der Waals surface area contributed by atoms with E-state index in [0.29, 0.717) is 25.1 Å². The zero-order chi connectivity index (χ0) is 13.7. The highest BCUT2D eigenvalue weighted by molar-refractivity contribution is 5.83. The van der Waals surface area contributed by atoms with Crippen LogP contribution in [-0.4, -0.2) is 38.2 Å². The predicted octanol–water partition coefficient (Wildman–Crippen LogP) is 1.29. The molecule has 0 aromatic carbocycles. The van der Waals surface area contributed by atoms with Gasteiger partial charge in [-0.2, -0.15) is 5.10 Å². The molecule has 100 valence electrons. The lowest BCUT2D eigenvalue weighted by molar-refractivity contribution is -0.149. The van der Waals surface area contributed by atoms with Crippen molar-refractivity contribution in [2.45, 2.75) is 39.8 Å². The van der Waals surface area contributed by atoms with Gasteiger partial charge in [-0.15, -0.1) is 0 Å². The number of carbonyl (C=O) groups excluding carboxylic acids is 1.